The molecular formula is C24H25N3O4. The molecule has 0 spiro atoms. The Balaban J connectivity index is 1.28. The van der Waals surface area contributed by atoms with Crippen LogP contribution in [-0.4, -0.2) is 56.6 Å². The standard InChI is InChI=1S/C24H25N3O4/c1-26(24(29)11-10-21-16-18-4-2-3-5-22(18)31-21)17-23(28)25-19-6-8-20(9-7-19)27-12-14-30-15-13-27/h2-11,16H,12-15,17H2,1H3,(H,25,28)/b11-10+. The summed E-state index contributed by atoms with van der Waals surface area (Å²) in [5.74, 6) is 0.0538. The van der Waals surface area contributed by atoms with Crippen LogP contribution in [0.3, 0.4) is 0 Å². The molecule has 7 nitrogen and oxygen atoms in total. The van der Waals surface area contributed by atoms with E-state index < -0.39 is 0 Å². The van der Waals surface area contributed by atoms with E-state index in [0.29, 0.717) is 11.4 Å². The number of furan rings is 1. The summed E-state index contributed by atoms with van der Waals surface area (Å²) < 4.78 is 11.0. The Hall–Kier alpha value is -3.58. The van der Waals surface area contributed by atoms with Gasteiger partial charge in [-0.25, -0.2) is 0 Å². The average Bonchev–Trinajstić information content (AvgIpc) is 3.21. The van der Waals surface area contributed by atoms with Gasteiger partial charge in [0.15, 0.2) is 0 Å². The van der Waals surface area contributed by atoms with Gasteiger partial charge in [0.1, 0.15) is 11.3 Å². The molecule has 0 unspecified atom stereocenters. The van der Waals surface area contributed by atoms with E-state index in [4.69, 9.17) is 9.15 Å². The van der Waals surface area contributed by atoms with E-state index in [-0.39, 0.29) is 18.4 Å². The molecule has 0 saturated carbocycles. The lowest BCUT2D eigenvalue weighted by atomic mass is 10.2. The first-order chi connectivity index (χ1) is 15.1. The van der Waals surface area contributed by atoms with Crippen molar-refractivity contribution in [3.05, 3.63) is 66.4 Å². The van der Waals surface area contributed by atoms with Crippen molar-refractivity contribution in [3.8, 4) is 0 Å². The number of carbonyl (C=O) groups excluding carboxylic acids is 2. The quantitative estimate of drug-likeness (QED) is 0.620. The van der Waals surface area contributed by atoms with Crippen LogP contribution in [0.25, 0.3) is 17.0 Å². The largest absolute Gasteiger partial charge is 0.457 e. The van der Waals surface area contributed by atoms with Gasteiger partial charge in [-0.1, -0.05) is 18.2 Å². The predicted molar refractivity (Wildman–Crippen MR) is 121 cm³/mol. The first-order valence-corrected chi connectivity index (χ1v) is 10.2. The fourth-order valence-corrected chi connectivity index (χ4v) is 3.44. The van der Waals surface area contributed by atoms with Crippen LogP contribution in [0.4, 0.5) is 11.4 Å². The number of rotatable bonds is 6. The highest BCUT2D eigenvalue weighted by atomic mass is 16.5. The van der Waals surface area contributed by atoms with Gasteiger partial charge in [0, 0.05) is 43.0 Å². The lowest BCUT2D eigenvalue weighted by Crippen LogP contribution is -2.36. The normalized spacial score (nSPS) is 14.2. The summed E-state index contributed by atoms with van der Waals surface area (Å²) in [5.41, 5.74) is 2.56. The van der Waals surface area contributed by atoms with Crippen LogP contribution in [0.15, 0.2) is 65.1 Å². The Morgan fingerprint density at radius 3 is 2.58 bits per heavy atom. The van der Waals surface area contributed by atoms with Crippen LogP contribution in [0.1, 0.15) is 5.76 Å². The Bertz CT molecular complexity index is 1050. The minimum absolute atomic E-state index is 0.0471. The van der Waals surface area contributed by atoms with Crippen LogP contribution in [-0.2, 0) is 14.3 Å². The summed E-state index contributed by atoms with van der Waals surface area (Å²) in [4.78, 5) is 28.3. The molecule has 0 atom stereocenters. The summed E-state index contributed by atoms with van der Waals surface area (Å²) in [6, 6.07) is 17.2. The van der Waals surface area contributed by atoms with Gasteiger partial charge in [-0.2, -0.15) is 0 Å². The second-order valence-electron chi connectivity index (χ2n) is 7.41. The van der Waals surface area contributed by atoms with Gasteiger partial charge in [0.2, 0.25) is 11.8 Å². The van der Waals surface area contributed by atoms with Gasteiger partial charge < -0.3 is 24.3 Å². The fraction of sp³-hybridized carbons (Fsp3) is 0.250. The van der Waals surface area contributed by atoms with Crippen molar-refractivity contribution < 1.29 is 18.7 Å². The highest BCUT2D eigenvalue weighted by molar-refractivity contribution is 5.98. The van der Waals surface area contributed by atoms with Crippen LogP contribution in [0.5, 0.6) is 0 Å². The number of likely N-dealkylation sites (N-methyl/N-ethyl adjacent to an activating group) is 1. The fourth-order valence-electron chi connectivity index (χ4n) is 3.44. The first-order valence-electron chi connectivity index (χ1n) is 10.2. The lowest BCUT2D eigenvalue weighted by Gasteiger charge is -2.28. The van der Waals surface area contributed by atoms with Gasteiger partial charge in [-0.15, -0.1) is 0 Å². The number of anilines is 2. The van der Waals surface area contributed by atoms with Gasteiger partial charge in [0.25, 0.3) is 0 Å². The highest BCUT2D eigenvalue weighted by Gasteiger charge is 2.13. The second-order valence-corrected chi connectivity index (χ2v) is 7.41. The monoisotopic (exact) mass is 419 g/mol. The number of para-hydroxylation sites is 1. The minimum Gasteiger partial charge on any atom is -0.457 e. The van der Waals surface area contributed by atoms with Crippen molar-refractivity contribution in [3.63, 3.8) is 0 Å². The number of nitrogens with zero attached hydrogens (tertiary/aromatic N) is 2. The predicted octanol–water partition coefficient (Wildman–Crippen LogP) is 3.38. The maximum atomic E-state index is 12.3. The molecule has 1 fully saturated rings. The Labute approximate surface area is 180 Å². The van der Waals surface area contributed by atoms with Crippen LogP contribution >= 0.6 is 0 Å². The Kier molecular flexibility index (Phi) is 6.33. The molecular weight excluding hydrogens is 394 g/mol. The number of fused-ring (bicyclic) bond motifs is 1. The second kappa shape index (κ2) is 9.49. The number of ether oxygens (including phenoxy) is 1. The van der Waals surface area contributed by atoms with Gasteiger partial charge in [0.05, 0.1) is 19.8 Å². The molecule has 160 valence electrons. The third-order valence-electron chi connectivity index (χ3n) is 5.12. The van der Waals surface area contributed by atoms with E-state index in [1.54, 1.807) is 13.1 Å². The zero-order valence-electron chi connectivity index (χ0n) is 17.4. The Morgan fingerprint density at radius 1 is 1.10 bits per heavy atom. The molecule has 31 heavy (non-hydrogen) atoms. The molecule has 2 aromatic carbocycles. The number of hydrogen-bond donors (Lipinski definition) is 1. The number of carbonyl (C=O) groups is 2. The zero-order chi connectivity index (χ0) is 21.6. The molecule has 1 aromatic heterocycles. The smallest absolute Gasteiger partial charge is 0.246 e. The molecule has 7 heteroatoms. The molecule has 2 heterocycles. The van der Waals surface area contributed by atoms with Crippen molar-refractivity contribution in [1.29, 1.82) is 0 Å². The summed E-state index contributed by atoms with van der Waals surface area (Å²) >= 11 is 0. The molecule has 0 aliphatic carbocycles. The number of amides is 2. The number of morpholine rings is 1. The third kappa shape index (κ3) is 5.32. The van der Waals surface area contributed by atoms with Crippen molar-refractivity contribution in [2.75, 3.05) is 50.1 Å². The van der Waals surface area contributed by atoms with E-state index in [9.17, 15) is 9.59 Å². The molecule has 0 radical (unpaired) electrons. The number of hydrogen-bond acceptors (Lipinski definition) is 5. The zero-order valence-corrected chi connectivity index (χ0v) is 17.4. The van der Waals surface area contributed by atoms with Crippen LogP contribution in [0.2, 0.25) is 0 Å². The van der Waals surface area contributed by atoms with Crippen molar-refractivity contribution in [1.82, 2.24) is 4.90 Å². The maximum Gasteiger partial charge on any atom is 0.246 e. The van der Waals surface area contributed by atoms with E-state index in [2.05, 4.69) is 10.2 Å². The average molecular weight is 419 g/mol. The summed E-state index contributed by atoms with van der Waals surface area (Å²) in [6.07, 6.45) is 3.02. The van der Waals surface area contributed by atoms with Crippen molar-refractivity contribution in [2.24, 2.45) is 0 Å². The number of nitrogens with one attached hydrogen (secondary N) is 1. The molecule has 1 aliphatic rings. The SMILES string of the molecule is CN(CC(=O)Nc1ccc(N2CCOCC2)cc1)C(=O)/C=C/c1cc2ccccc2o1. The van der Waals surface area contributed by atoms with Gasteiger partial charge in [-0.05, 0) is 42.5 Å². The van der Waals surface area contributed by atoms with E-state index in [1.807, 2.05) is 54.6 Å². The first kappa shape index (κ1) is 20.7. The molecule has 1 N–H and O–H groups in total. The van der Waals surface area contributed by atoms with Crippen LogP contribution in [0, 0.1) is 0 Å². The summed E-state index contributed by atoms with van der Waals surface area (Å²) in [7, 11) is 1.59. The van der Waals surface area contributed by atoms with Crippen molar-refractivity contribution >= 4 is 40.2 Å². The molecule has 1 saturated heterocycles. The molecule has 1 aliphatic heterocycles. The lowest BCUT2D eigenvalue weighted by molar-refractivity contribution is -0.129. The molecule has 3 aromatic rings. The number of benzene rings is 2. The summed E-state index contributed by atoms with van der Waals surface area (Å²) in [5, 5.41) is 3.80. The van der Waals surface area contributed by atoms with Crippen molar-refractivity contribution in [2.45, 2.75) is 0 Å². The van der Waals surface area contributed by atoms with Gasteiger partial charge in [-0.3, -0.25) is 9.59 Å². The minimum atomic E-state index is -0.279. The topological polar surface area (TPSA) is 75.0 Å². The third-order valence-corrected chi connectivity index (χ3v) is 5.12. The molecule has 2 amide bonds. The van der Waals surface area contributed by atoms with E-state index in [1.165, 1.54) is 11.0 Å². The van der Waals surface area contributed by atoms with Gasteiger partial charge >= 0.3 is 0 Å². The molecule has 0 bridgehead atoms. The van der Waals surface area contributed by atoms with E-state index in [0.717, 1.165) is 43.0 Å². The summed E-state index contributed by atoms with van der Waals surface area (Å²) in [6.45, 7) is 3.13. The van der Waals surface area contributed by atoms with E-state index >= 15 is 0 Å². The Morgan fingerprint density at radius 2 is 1.84 bits per heavy atom. The molecule has 4 rings (SSSR count). The van der Waals surface area contributed by atoms with Crippen LogP contribution < -0.4 is 10.2 Å². The highest BCUT2D eigenvalue weighted by Crippen LogP contribution is 2.20. The maximum absolute atomic E-state index is 12.3.